The molecule has 1 aliphatic rings. The Morgan fingerprint density at radius 3 is 2.56 bits per heavy atom. The number of hydrogen-bond acceptors (Lipinski definition) is 5. The molecule has 8 heteroatoms. The molecule has 0 unspecified atom stereocenters. The smallest absolute Gasteiger partial charge is 0.416 e. The van der Waals surface area contributed by atoms with E-state index in [2.05, 4.69) is 0 Å². The Morgan fingerprint density at radius 1 is 1.32 bits per heavy atom. The maximum atomic E-state index is 12.8. The highest BCUT2D eigenvalue weighted by atomic mass is 19.4. The number of piperazine rings is 1. The number of benzene rings is 1. The van der Waals surface area contributed by atoms with Gasteiger partial charge in [0, 0.05) is 38.1 Å². The molecule has 1 aromatic rings. The molecule has 1 heterocycles. The Morgan fingerprint density at radius 2 is 2.00 bits per heavy atom. The van der Waals surface area contributed by atoms with Gasteiger partial charge in [-0.3, -0.25) is 0 Å². The van der Waals surface area contributed by atoms with Gasteiger partial charge in [0.2, 0.25) is 0 Å². The summed E-state index contributed by atoms with van der Waals surface area (Å²) in [5.41, 5.74) is -0.264. The summed E-state index contributed by atoms with van der Waals surface area (Å²) < 4.78 is 43.2. The van der Waals surface area contributed by atoms with E-state index in [-0.39, 0.29) is 12.2 Å². The molecular formula is C17H18F3N3O2. The summed E-state index contributed by atoms with van der Waals surface area (Å²) in [4.78, 5) is 15.2. The number of anilines is 1. The van der Waals surface area contributed by atoms with Crippen LogP contribution in [0.15, 0.2) is 36.0 Å². The number of hydrogen-bond donors (Lipinski definition) is 0. The first-order valence-electron chi connectivity index (χ1n) is 7.80. The van der Waals surface area contributed by atoms with Crippen molar-refractivity contribution in [1.29, 1.82) is 5.26 Å². The second-order valence-corrected chi connectivity index (χ2v) is 5.45. The lowest BCUT2D eigenvalue weighted by molar-refractivity contribution is -0.138. The molecule has 2 rings (SSSR count). The van der Waals surface area contributed by atoms with Crippen LogP contribution in [-0.4, -0.2) is 43.7 Å². The van der Waals surface area contributed by atoms with Gasteiger partial charge in [0.25, 0.3) is 0 Å². The van der Waals surface area contributed by atoms with E-state index in [4.69, 9.17) is 10.00 Å². The van der Waals surface area contributed by atoms with Crippen molar-refractivity contribution in [1.82, 2.24) is 4.90 Å². The van der Waals surface area contributed by atoms with Gasteiger partial charge in [0.1, 0.15) is 6.07 Å². The number of rotatable bonds is 4. The fraction of sp³-hybridized carbons (Fsp3) is 0.412. The fourth-order valence-corrected chi connectivity index (χ4v) is 2.51. The second kappa shape index (κ2) is 7.92. The van der Waals surface area contributed by atoms with E-state index in [9.17, 15) is 18.0 Å². The van der Waals surface area contributed by atoms with Crippen LogP contribution in [0.4, 0.5) is 18.9 Å². The Labute approximate surface area is 143 Å². The molecular weight excluding hydrogens is 335 g/mol. The lowest BCUT2D eigenvalue weighted by Gasteiger charge is -2.35. The van der Waals surface area contributed by atoms with Crippen molar-refractivity contribution in [2.75, 3.05) is 37.7 Å². The lowest BCUT2D eigenvalue weighted by Crippen LogP contribution is -2.44. The molecule has 0 radical (unpaired) electrons. The van der Waals surface area contributed by atoms with E-state index in [1.165, 1.54) is 12.3 Å². The zero-order chi connectivity index (χ0) is 18.4. The van der Waals surface area contributed by atoms with Crippen molar-refractivity contribution in [3.63, 3.8) is 0 Å². The van der Waals surface area contributed by atoms with Crippen LogP contribution < -0.4 is 4.90 Å². The van der Waals surface area contributed by atoms with Crippen molar-refractivity contribution >= 4 is 11.7 Å². The molecule has 0 aliphatic carbocycles. The first kappa shape index (κ1) is 18.6. The van der Waals surface area contributed by atoms with Gasteiger partial charge < -0.3 is 14.5 Å². The summed E-state index contributed by atoms with van der Waals surface area (Å²) >= 11 is 0. The quantitative estimate of drug-likeness (QED) is 0.473. The van der Waals surface area contributed by atoms with E-state index in [0.29, 0.717) is 31.9 Å². The number of alkyl halides is 3. The van der Waals surface area contributed by atoms with Crippen LogP contribution in [-0.2, 0) is 15.7 Å². The highest BCUT2D eigenvalue weighted by Crippen LogP contribution is 2.31. The third-order valence-corrected chi connectivity index (χ3v) is 3.78. The Hall–Kier alpha value is -2.69. The first-order chi connectivity index (χ1) is 11.8. The number of esters is 1. The van der Waals surface area contributed by atoms with Gasteiger partial charge in [-0.2, -0.15) is 18.4 Å². The minimum absolute atomic E-state index is 0.0885. The van der Waals surface area contributed by atoms with Crippen LogP contribution in [0.5, 0.6) is 0 Å². The van der Waals surface area contributed by atoms with Crippen molar-refractivity contribution in [3.8, 4) is 6.07 Å². The van der Waals surface area contributed by atoms with Gasteiger partial charge in [0.15, 0.2) is 5.57 Å². The molecule has 0 spiro atoms. The molecule has 0 N–H and O–H groups in total. The van der Waals surface area contributed by atoms with E-state index < -0.39 is 17.7 Å². The number of ether oxygens (including phenoxy) is 1. The molecule has 0 saturated carbocycles. The molecule has 0 aromatic heterocycles. The van der Waals surface area contributed by atoms with Gasteiger partial charge in [-0.25, -0.2) is 4.79 Å². The van der Waals surface area contributed by atoms with Crippen LogP contribution in [0, 0.1) is 11.3 Å². The maximum Gasteiger partial charge on any atom is 0.416 e. The zero-order valence-electron chi connectivity index (χ0n) is 13.7. The van der Waals surface area contributed by atoms with Gasteiger partial charge in [-0.1, -0.05) is 6.07 Å². The molecule has 134 valence electrons. The normalized spacial score (nSPS) is 15.7. The zero-order valence-corrected chi connectivity index (χ0v) is 13.7. The van der Waals surface area contributed by atoms with Crippen molar-refractivity contribution < 1.29 is 22.7 Å². The average molecular weight is 353 g/mol. The number of carbonyl (C=O) groups is 1. The van der Waals surface area contributed by atoms with Gasteiger partial charge in [-0.05, 0) is 25.1 Å². The number of carbonyl (C=O) groups excluding carboxylic acids is 1. The summed E-state index contributed by atoms with van der Waals surface area (Å²) in [6.45, 7) is 3.78. The van der Waals surface area contributed by atoms with Crippen LogP contribution in [0.3, 0.4) is 0 Å². The minimum Gasteiger partial charge on any atom is -0.462 e. The largest absolute Gasteiger partial charge is 0.462 e. The molecule has 5 nitrogen and oxygen atoms in total. The molecule has 0 atom stereocenters. The molecule has 25 heavy (non-hydrogen) atoms. The van der Waals surface area contributed by atoms with Crippen LogP contribution in [0.1, 0.15) is 12.5 Å². The molecule has 1 saturated heterocycles. The standard InChI is InChI=1S/C17H18F3N3O2/c1-2-25-16(24)13(11-21)12-22-6-8-23(9-7-22)15-5-3-4-14(10-15)17(18,19)20/h3-5,10,12H,2,6-9H2,1H3/b13-12-. The van der Waals surface area contributed by atoms with Gasteiger partial charge in [0.05, 0.1) is 12.2 Å². The number of nitrogens with zero attached hydrogens (tertiary/aromatic N) is 3. The summed E-state index contributed by atoms with van der Waals surface area (Å²) in [6, 6.07) is 7.01. The van der Waals surface area contributed by atoms with E-state index >= 15 is 0 Å². The highest BCUT2D eigenvalue weighted by Gasteiger charge is 2.31. The third-order valence-electron chi connectivity index (χ3n) is 3.78. The number of nitriles is 1. The SMILES string of the molecule is CCOC(=O)/C(C#N)=C\N1CCN(c2cccc(C(F)(F)F)c2)CC1. The Bertz CT molecular complexity index is 687. The predicted octanol–water partition coefficient (Wildman–Crippen LogP) is 2.80. The monoisotopic (exact) mass is 353 g/mol. The van der Waals surface area contributed by atoms with Gasteiger partial charge >= 0.3 is 12.1 Å². The minimum atomic E-state index is -4.37. The summed E-state index contributed by atoms with van der Waals surface area (Å²) in [5.74, 6) is -0.676. The van der Waals surface area contributed by atoms with Crippen LogP contribution in [0.25, 0.3) is 0 Å². The van der Waals surface area contributed by atoms with Crippen molar-refractivity contribution in [2.24, 2.45) is 0 Å². The lowest BCUT2D eigenvalue weighted by atomic mass is 10.1. The van der Waals surface area contributed by atoms with E-state index in [1.54, 1.807) is 17.9 Å². The average Bonchev–Trinajstić information content (AvgIpc) is 2.59. The molecule has 0 amide bonds. The van der Waals surface area contributed by atoms with Crippen molar-refractivity contribution in [2.45, 2.75) is 13.1 Å². The molecule has 0 bridgehead atoms. The Kier molecular flexibility index (Phi) is 5.91. The van der Waals surface area contributed by atoms with Crippen LogP contribution in [0.2, 0.25) is 0 Å². The van der Waals surface area contributed by atoms with Crippen molar-refractivity contribution in [3.05, 3.63) is 41.6 Å². The van der Waals surface area contributed by atoms with Gasteiger partial charge in [-0.15, -0.1) is 0 Å². The topological polar surface area (TPSA) is 56.6 Å². The third kappa shape index (κ3) is 4.89. The molecule has 1 aromatic carbocycles. The fourth-order valence-electron chi connectivity index (χ4n) is 2.51. The first-order valence-corrected chi connectivity index (χ1v) is 7.80. The molecule has 1 fully saturated rings. The van der Waals surface area contributed by atoms with E-state index in [1.807, 2.05) is 11.0 Å². The van der Waals surface area contributed by atoms with E-state index in [0.717, 1.165) is 12.1 Å². The second-order valence-electron chi connectivity index (χ2n) is 5.45. The summed E-state index contributed by atoms with van der Waals surface area (Å²) in [7, 11) is 0. The highest BCUT2D eigenvalue weighted by molar-refractivity contribution is 5.92. The Balaban J connectivity index is 2.02. The summed E-state index contributed by atoms with van der Waals surface area (Å²) in [5, 5.41) is 9.03. The summed E-state index contributed by atoms with van der Waals surface area (Å²) in [6.07, 6.45) is -2.93. The molecule has 1 aliphatic heterocycles. The van der Waals surface area contributed by atoms with Crippen LogP contribution >= 0.6 is 0 Å². The number of halogens is 3. The maximum absolute atomic E-state index is 12.8. The predicted molar refractivity (Wildman–Crippen MR) is 85.6 cm³/mol.